The number of carboxylic acid groups (broad SMARTS) is 1. The van der Waals surface area contributed by atoms with E-state index in [4.69, 9.17) is 0 Å². The predicted molar refractivity (Wildman–Crippen MR) is 74.9 cm³/mol. The lowest BCUT2D eigenvalue weighted by molar-refractivity contribution is -0.147. The first-order valence-electron chi connectivity index (χ1n) is 7.82. The number of hydrogen-bond acceptors (Lipinski definition) is 2. The number of rotatable bonds is 6. The number of allylic oxidation sites excluding steroid dienone is 2. The first kappa shape index (κ1) is 13.7. The molecule has 0 radical (unpaired) electrons. The average Bonchev–Trinajstić information content (AvgIpc) is 3.31. The van der Waals surface area contributed by atoms with Gasteiger partial charge in [0.25, 0.3) is 0 Å². The number of hydrogen-bond donors (Lipinski definition) is 2. The first-order chi connectivity index (χ1) is 9.66. The van der Waals surface area contributed by atoms with Crippen molar-refractivity contribution in [3.05, 3.63) is 12.2 Å². The van der Waals surface area contributed by atoms with E-state index >= 15 is 0 Å². The number of carboxylic acids is 1. The summed E-state index contributed by atoms with van der Waals surface area (Å²) in [5.41, 5.74) is 0. The minimum absolute atomic E-state index is 0.0620. The molecule has 4 nitrogen and oxygen atoms in total. The normalized spacial score (nSPS) is 29.4. The van der Waals surface area contributed by atoms with Gasteiger partial charge in [-0.15, -0.1) is 0 Å². The summed E-state index contributed by atoms with van der Waals surface area (Å²) in [6, 6.07) is 0. The second kappa shape index (κ2) is 5.58. The van der Waals surface area contributed by atoms with Crippen molar-refractivity contribution >= 4 is 11.9 Å². The van der Waals surface area contributed by atoms with Crippen LogP contribution in [-0.4, -0.2) is 23.5 Å². The van der Waals surface area contributed by atoms with Gasteiger partial charge in [0.05, 0.1) is 11.8 Å². The standard InChI is InChI=1S/C16H23NO3/c18-15(12-3-1-2-4-13(12)16(19)20)17-9-14(10-5-6-10)11-7-8-11/h1-2,10-14H,3-9H2,(H,17,18)(H,19,20). The van der Waals surface area contributed by atoms with Crippen LogP contribution in [0, 0.1) is 29.6 Å². The second-order valence-corrected chi connectivity index (χ2v) is 6.58. The molecule has 3 aliphatic carbocycles. The van der Waals surface area contributed by atoms with Gasteiger partial charge in [-0.05, 0) is 56.3 Å². The highest BCUT2D eigenvalue weighted by molar-refractivity contribution is 5.85. The van der Waals surface area contributed by atoms with Crippen LogP contribution in [-0.2, 0) is 9.59 Å². The Hall–Kier alpha value is -1.32. The van der Waals surface area contributed by atoms with Crippen LogP contribution in [0.15, 0.2) is 12.2 Å². The predicted octanol–water partition coefficient (Wildman–Crippen LogP) is 2.21. The highest BCUT2D eigenvalue weighted by Crippen LogP contribution is 2.48. The van der Waals surface area contributed by atoms with Crippen LogP contribution >= 0.6 is 0 Å². The Bertz CT molecular complexity index is 411. The Balaban J connectivity index is 1.54. The quantitative estimate of drug-likeness (QED) is 0.731. The zero-order valence-electron chi connectivity index (χ0n) is 11.8. The lowest BCUT2D eigenvalue weighted by Crippen LogP contribution is -2.41. The fourth-order valence-corrected chi connectivity index (χ4v) is 3.49. The minimum atomic E-state index is -0.851. The third kappa shape index (κ3) is 3.05. The van der Waals surface area contributed by atoms with E-state index in [-0.39, 0.29) is 5.91 Å². The van der Waals surface area contributed by atoms with Gasteiger partial charge in [-0.2, -0.15) is 0 Å². The molecule has 3 aliphatic rings. The molecule has 0 aromatic heterocycles. The molecule has 0 bridgehead atoms. The number of aliphatic carboxylic acids is 1. The fourth-order valence-electron chi connectivity index (χ4n) is 3.49. The van der Waals surface area contributed by atoms with Gasteiger partial charge >= 0.3 is 5.97 Å². The molecule has 110 valence electrons. The van der Waals surface area contributed by atoms with Crippen LogP contribution in [0.4, 0.5) is 0 Å². The summed E-state index contributed by atoms with van der Waals surface area (Å²) in [7, 11) is 0. The van der Waals surface area contributed by atoms with E-state index in [1.807, 2.05) is 12.2 Å². The molecular formula is C16H23NO3. The van der Waals surface area contributed by atoms with Crippen molar-refractivity contribution in [2.24, 2.45) is 29.6 Å². The van der Waals surface area contributed by atoms with Crippen molar-refractivity contribution in [2.75, 3.05) is 6.54 Å². The molecule has 2 atom stereocenters. The zero-order valence-corrected chi connectivity index (χ0v) is 11.8. The Morgan fingerprint density at radius 3 is 2.10 bits per heavy atom. The maximum Gasteiger partial charge on any atom is 0.307 e. The Labute approximate surface area is 119 Å². The lowest BCUT2D eigenvalue weighted by Gasteiger charge is -2.25. The van der Waals surface area contributed by atoms with E-state index in [1.54, 1.807) is 0 Å². The molecule has 2 fully saturated rings. The molecule has 0 heterocycles. The van der Waals surface area contributed by atoms with E-state index in [9.17, 15) is 14.7 Å². The molecule has 0 aromatic carbocycles. The Morgan fingerprint density at radius 1 is 1.05 bits per heavy atom. The van der Waals surface area contributed by atoms with Gasteiger partial charge in [0.15, 0.2) is 0 Å². The molecule has 2 N–H and O–H groups in total. The largest absolute Gasteiger partial charge is 0.481 e. The molecule has 0 aliphatic heterocycles. The molecule has 0 aromatic rings. The van der Waals surface area contributed by atoms with Gasteiger partial charge in [0.2, 0.25) is 5.91 Å². The molecule has 0 spiro atoms. The maximum atomic E-state index is 12.3. The molecule has 0 saturated heterocycles. The Morgan fingerprint density at radius 2 is 1.60 bits per heavy atom. The topological polar surface area (TPSA) is 66.4 Å². The second-order valence-electron chi connectivity index (χ2n) is 6.58. The van der Waals surface area contributed by atoms with Gasteiger partial charge < -0.3 is 10.4 Å². The number of carbonyl (C=O) groups is 2. The summed E-state index contributed by atoms with van der Waals surface area (Å²) in [5, 5.41) is 12.3. The maximum absolute atomic E-state index is 12.3. The first-order valence-corrected chi connectivity index (χ1v) is 7.82. The van der Waals surface area contributed by atoms with E-state index in [0.29, 0.717) is 18.8 Å². The number of nitrogens with one attached hydrogen (secondary N) is 1. The summed E-state index contributed by atoms with van der Waals surface area (Å²) in [6.45, 7) is 0.751. The summed E-state index contributed by atoms with van der Waals surface area (Å²) in [6.07, 6.45) is 10.1. The van der Waals surface area contributed by atoms with Gasteiger partial charge in [-0.25, -0.2) is 0 Å². The highest BCUT2D eigenvalue weighted by atomic mass is 16.4. The summed E-state index contributed by atoms with van der Waals surface area (Å²) >= 11 is 0. The van der Waals surface area contributed by atoms with Crippen molar-refractivity contribution in [3.63, 3.8) is 0 Å². The molecule has 1 amide bonds. The molecule has 4 heteroatoms. The van der Waals surface area contributed by atoms with Crippen molar-refractivity contribution in [3.8, 4) is 0 Å². The van der Waals surface area contributed by atoms with Crippen molar-refractivity contribution in [2.45, 2.75) is 38.5 Å². The zero-order chi connectivity index (χ0) is 14.1. The van der Waals surface area contributed by atoms with Gasteiger partial charge in [0.1, 0.15) is 0 Å². The van der Waals surface area contributed by atoms with Crippen LogP contribution in [0.2, 0.25) is 0 Å². The highest BCUT2D eigenvalue weighted by Gasteiger charge is 2.42. The van der Waals surface area contributed by atoms with Crippen molar-refractivity contribution < 1.29 is 14.7 Å². The molecule has 2 unspecified atom stereocenters. The van der Waals surface area contributed by atoms with Crippen LogP contribution in [0.1, 0.15) is 38.5 Å². The smallest absolute Gasteiger partial charge is 0.307 e. The molecule has 20 heavy (non-hydrogen) atoms. The monoisotopic (exact) mass is 277 g/mol. The van der Waals surface area contributed by atoms with E-state index < -0.39 is 17.8 Å². The molecule has 2 saturated carbocycles. The van der Waals surface area contributed by atoms with Crippen LogP contribution in [0.25, 0.3) is 0 Å². The van der Waals surface area contributed by atoms with Crippen LogP contribution in [0.5, 0.6) is 0 Å². The Kier molecular flexibility index (Phi) is 3.81. The SMILES string of the molecule is O=C(O)C1CC=CCC1C(=O)NCC(C1CC1)C1CC1. The average molecular weight is 277 g/mol. The van der Waals surface area contributed by atoms with Gasteiger partial charge in [-0.1, -0.05) is 12.2 Å². The van der Waals surface area contributed by atoms with Crippen molar-refractivity contribution in [1.82, 2.24) is 5.32 Å². The molecule has 3 rings (SSSR count). The number of carbonyl (C=O) groups excluding carboxylic acids is 1. The third-order valence-corrected chi connectivity index (χ3v) is 5.05. The van der Waals surface area contributed by atoms with Gasteiger partial charge in [-0.3, -0.25) is 9.59 Å². The minimum Gasteiger partial charge on any atom is -0.481 e. The molecular weight excluding hydrogens is 254 g/mol. The van der Waals surface area contributed by atoms with Crippen LogP contribution < -0.4 is 5.32 Å². The summed E-state index contributed by atoms with van der Waals surface area (Å²) < 4.78 is 0. The van der Waals surface area contributed by atoms with E-state index in [1.165, 1.54) is 25.7 Å². The third-order valence-electron chi connectivity index (χ3n) is 5.05. The summed E-state index contributed by atoms with van der Waals surface area (Å²) in [5.74, 6) is 0.398. The number of amides is 1. The summed E-state index contributed by atoms with van der Waals surface area (Å²) in [4.78, 5) is 23.5. The van der Waals surface area contributed by atoms with Gasteiger partial charge in [0, 0.05) is 6.54 Å². The fraction of sp³-hybridized carbons (Fsp3) is 0.750. The van der Waals surface area contributed by atoms with Crippen molar-refractivity contribution in [1.29, 1.82) is 0 Å². The van der Waals surface area contributed by atoms with E-state index in [0.717, 1.165) is 18.4 Å². The van der Waals surface area contributed by atoms with E-state index in [2.05, 4.69) is 5.32 Å². The van der Waals surface area contributed by atoms with Crippen LogP contribution in [0.3, 0.4) is 0 Å². The lowest BCUT2D eigenvalue weighted by atomic mass is 9.82.